The lowest BCUT2D eigenvalue weighted by molar-refractivity contribution is -0.137. The number of aliphatic hydroxyl groups excluding tert-OH is 1. The smallest absolute Gasteiger partial charge is 0.277 e. The number of carbonyl (C=O) groups is 2. The molecule has 0 bridgehead atoms. The van der Waals surface area contributed by atoms with Gasteiger partial charge in [0.25, 0.3) is 11.8 Å². The van der Waals surface area contributed by atoms with Crippen molar-refractivity contribution in [1.82, 2.24) is 4.90 Å². The number of benzene rings is 1. The molecule has 1 aliphatic rings. The largest absolute Gasteiger partial charge is 0.395 e. The van der Waals surface area contributed by atoms with Gasteiger partial charge in [-0.2, -0.15) is 0 Å². The number of hydrogen-bond donors (Lipinski definition) is 2. The average molecular weight is 426 g/mol. The van der Waals surface area contributed by atoms with Gasteiger partial charge in [-0.05, 0) is 37.9 Å². The summed E-state index contributed by atoms with van der Waals surface area (Å²) in [6, 6.07) is 0.977. The van der Waals surface area contributed by atoms with E-state index in [9.17, 15) is 18.4 Å². The first kappa shape index (κ1) is 16.1. The second kappa shape index (κ2) is 6.20. The number of imide groups is 1. The van der Waals surface area contributed by atoms with E-state index in [0.29, 0.717) is 0 Å². The molecule has 1 aliphatic heterocycles. The van der Waals surface area contributed by atoms with Crippen molar-refractivity contribution < 1.29 is 23.5 Å². The molecule has 21 heavy (non-hydrogen) atoms. The molecule has 112 valence electrons. The van der Waals surface area contributed by atoms with Crippen LogP contribution in [0.25, 0.3) is 0 Å². The number of carbonyl (C=O) groups excluding carboxylic acids is 2. The summed E-state index contributed by atoms with van der Waals surface area (Å²) in [7, 11) is 0. The Morgan fingerprint density at radius 1 is 1.24 bits per heavy atom. The molecule has 0 aliphatic carbocycles. The lowest BCUT2D eigenvalue weighted by Crippen LogP contribution is -2.34. The van der Waals surface area contributed by atoms with Gasteiger partial charge in [0.2, 0.25) is 0 Å². The van der Waals surface area contributed by atoms with E-state index in [4.69, 9.17) is 5.11 Å². The summed E-state index contributed by atoms with van der Waals surface area (Å²) >= 11 is 5.69. The van der Waals surface area contributed by atoms with Crippen molar-refractivity contribution >= 4 is 49.4 Å². The van der Waals surface area contributed by atoms with E-state index in [2.05, 4.69) is 37.2 Å². The Hall–Kier alpha value is -1.32. The molecule has 0 saturated heterocycles. The summed E-state index contributed by atoms with van der Waals surface area (Å²) in [5.74, 6) is -3.01. The van der Waals surface area contributed by atoms with Crippen LogP contribution in [0.1, 0.15) is 0 Å². The van der Waals surface area contributed by atoms with E-state index >= 15 is 0 Å². The summed E-state index contributed by atoms with van der Waals surface area (Å²) in [6.45, 7) is -0.520. The van der Waals surface area contributed by atoms with Crippen LogP contribution in [0.4, 0.5) is 14.5 Å². The second-order valence-electron chi connectivity index (χ2n) is 4.05. The third kappa shape index (κ3) is 2.99. The quantitative estimate of drug-likeness (QED) is 0.440. The third-order valence-electron chi connectivity index (χ3n) is 2.70. The van der Waals surface area contributed by atoms with Crippen molar-refractivity contribution in [3.63, 3.8) is 0 Å². The molecule has 0 fully saturated rings. The SMILES string of the molecule is O=C1C=C(Nc2cc(F)c(Br)c(F)c2Br)C(=O)N1CCO. The lowest BCUT2D eigenvalue weighted by Gasteiger charge is -2.14. The molecule has 1 heterocycles. The van der Waals surface area contributed by atoms with Crippen LogP contribution < -0.4 is 5.32 Å². The van der Waals surface area contributed by atoms with Gasteiger partial charge in [-0.25, -0.2) is 8.78 Å². The minimum atomic E-state index is -0.873. The number of hydrogen-bond acceptors (Lipinski definition) is 4. The van der Waals surface area contributed by atoms with Crippen LogP contribution in [0.3, 0.4) is 0 Å². The predicted molar refractivity (Wildman–Crippen MR) is 77.3 cm³/mol. The molecule has 9 heteroatoms. The van der Waals surface area contributed by atoms with Gasteiger partial charge in [-0.15, -0.1) is 0 Å². The lowest BCUT2D eigenvalue weighted by atomic mass is 10.3. The molecular weight excluding hydrogens is 418 g/mol. The molecule has 5 nitrogen and oxygen atoms in total. The van der Waals surface area contributed by atoms with E-state index in [1.807, 2.05) is 0 Å². The standard InChI is InChI=1S/C12H8Br2F2N2O3/c13-9-5(15)3-6(10(14)11(9)16)17-7-4-8(20)18(1-2-19)12(7)21/h3-4,17,19H,1-2H2. The van der Waals surface area contributed by atoms with Gasteiger partial charge in [0.15, 0.2) is 5.82 Å². The normalized spacial score (nSPS) is 14.7. The van der Waals surface area contributed by atoms with Gasteiger partial charge >= 0.3 is 0 Å². The van der Waals surface area contributed by atoms with Gasteiger partial charge in [0, 0.05) is 6.08 Å². The Morgan fingerprint density at radius 2 is 1.90 bits per heavy atom. The average Bonchev–Trinajstić information content (AvgIpc) is 2.70. The Morgan fingerprint density at radius 3 is 2.52 bits per heavy atom. The monoisotopic (exact) mass is 424 g/mol. The highest BCUT2D eigenvalue weighted by molar-refractivity contribution is 9.11. The molecule has 2 rings (SSSR count). The Bertz CT molecular complexity index is 664. The number of aliphatic hydroxyl groups is 1. The van der Waals surface area contributed by atoms with Crippen molar-refractivity contribution in [2.24, 2.45) is 0 Å². The number of rotatable bonds is 4. The first-order chi connectivity index (χ1) is 9.86. The summed E-state index contributed by atoms with van der Waals surface area (Å²) in [5.41, 5.74) is -0.165. The van der Waals surface area contributed by atoms with Gasteiger partial charge in [0.1, 0.15) is 11.5 Å². The van der Waals surface area contributed by atoms with Gasteiger partial charge < -0.3 is 10.4 Å². The van der Waals surface area contributed by atoms with Crippen LogP contribution in [0.2, 0.25) is 0 Å². The van der Waals surface area contributed by atoms with E-state index < -0.39 is 23.4 Å². The fourth-order valence-corrected chi connectivity index (χ4v) is 2.71. The number of anilines is 1. The second-order valence-corrected chi connectivity index (χ2v) is 5.64. The number of β-amino-alcohol motifs (C(OH)–C–C–N with tert-alkyl or cyclic N) is 1. The maximum absolute atomic E-state index is 13.7. The van der Waals surface area contributed by atoms with Gasteiger partial charge in [-0.3, -0.25) is 14.5 Å². The minimum Gasteiger partial charge on any atom is -0.395 e. The topological polar surface area (TPSA) is 69.6 Å². The molecule has 0 radical (unpaired) electrons. The molecule has 0 atom stereocenters. The van der Waals surface area contributed by atoms with Crippen molar-refractivity contribution in [2.45, 2.75) is 0 Å². The highest BCUT2D eigenvalue weighted by atomic mass is 79.9. The van der Waals surface area contributed by atoms with Crippen molar-refractivity contribution in [3.05, 3.63) is 38.4 Å². The van der Waals surface area contributed by atoms with Crippen LogP contribution in [0, 0.1) is 11.6 Å². The summed E-state index contributed by atoms with van der Waals surface area (Å²) in [5, 5.41) is 11.3. The highest BCUT2D eigenvalue weighted by Gasteiger charge is 2.31. The summed E-state index contributed by atoms with van der Waals surface area (Å²) in [6.07, 6.45) is 1.00. The molecular formula is C12H8Br2F2N2O3. The fourth-order valence-electron chi connectivity index (χ4n) is 1.72. The molecule has 1 aromatic rings. The van der Waals surface area contributed by atoms with Gasteiger partial charge in [0.05, 0.1) is 27.8 Å². The molecule has 1 aromatic carbocycles. The maximum atomic E-state index is 13.7. The zero-order chi connectivity index (χ0) is 15.7. The van der Waals surface area contributed by atoms with Crippen LogP contribution in [0.5, 0.6) is 0 Å². The number of amides is 2. The first-order valence-corrected chi connectivity index (χ1v) is 7.23. The molecule has 2 amide bonds. The van der Waals surface area contributed by atoms with Crippen LogP contribution in [-0.2, 0) is 9.59 Å². The summed E-state index contributed by atoms with van der Waals surface area (Å²) < 4.78 is 26.8. The van der Waals surface area contributed by atoms with Gasteiger partial charge in [-0.1, -0.05) is 0 Å². The number of halogens is 4. The Kier molecular flexibility index (Phi) is 4.74. The Balaban J connectivity index is 2.30. The molecule has 2 N–H and O–H groups in total. The maximum Gasteiger partial charge on any atom is 0.277 e. The van der Waals surface area contributed by atoms with Crippen molar-refractivity contribution in [2.75, 3.05) is 18.5 Å². The zero-order valence-corrected chi connectivity index (χ0v) is 13.5. The highest BCUT2D eigenvalue weighted by Crippen LogP contribution is 2.34. The number of nitrogens with zero attached hydrogens (tertiary/aromatic N) is 1. The van der Waals surface area contributed by atoms with Crippen molar-refractivity contribution in [1.29, 1.82) is 0 Å². The van der Waals surface area contributed by atoms with E-state index in [1.165, 1.54) is 0 Å². The predicted octanol–water partition coefficient (Wildman–Crippen LogP) is 2.15. The minimum absolute atomic E-state index is 0.0357. The van der Waals surface area contributed by atoms with Crippen LogP contribution in [-0.4, -0.2) is 35.0 Å². The first-order valence-electron chi connectivity index (χ1n) is 5.65. The molecule has 0 spiro atoms. The number of nitrogens with one attached hydrogen (secondary N) is 1. The van der Waals surface area contributed by atoms with E-state index in [1.54, 1.807) is 0 Å². The molecule has 0 aromatic heterocycles. The molecule has 0 unspecified atom stereocenters. The van der Waals surface area contributed by atoms with Crippen molar-refractivity contribution in [3.8, 4) is 0 Å². The van der Waals surface area contributed by atoms with Crippen LogP contribution in [0.15, 0.2) is 26.8 Å². The Labute approximate surface area is 134 Å². The zero-order valence-electron chi connectivity index (χ0n) is 10.3. The summed E-state index contributed by atoms with van der Waals surface area (Å²) in [4.78, 5) is 24.3. The van der Waals surface area contributed by atoms with Crippen LogP contribution >= 0.6 is 31.9 Å². The third-order valence-corrected chi connectivity index (χ3v) is 4.21. The van der Waals surface area contributed by atoms with E-state index in [0.717, 1.165) is 17.0 Å². The van der Waals surface area contributed by atoms with E-state index in [-0.39, 0.29) is 33.5 Å². The fraction of sp³-hybridized carbons (Fsp3) is 0.167. The molecule has 0 saturated carbocycles.